The lowest BCUT2D eigenvalue weighted by Crippen LogP contribution is -2.12. The minimum Gasteiger partial charge on any atom is -0.465 e. The molecule has 0 aliphatic carbocycles. The van der Waals surface area contributed by atoms with Gasteiger partial charge in [0.1, 0.15) is 0 Å². The zero-order chi connectivity index (χ0) is 14.9. The number of methoxy groups -OCH3 is 1. The van der Waals surface area contributed by atoms with E-state index in [0.29, 0.717) is 5.56 Å². The summed E-state index contributed by atoms with van der Waals surface area (Å²) in [4.78, 5) is 25.8. The molecule has 0 aliphatic heterocycles. The first-order chi connectivity index (χ1) is 9.43. The fraction of sp³-hybridized carbons (Fsp3) is 0.0769. The van der Waals surface area contributed by atoms with E-state index < -0.39 is 5.97 Å². The van der Waals surface area contributed by atoms with E-state index in [1.54, 1.807) is 0 Å². The number of pyridine rings is 1. The topological polar surface area (TPSA) is 59.2 Å². The second-order valence-electron chi connectivity index (χ2n) is 3.88. The molecule has 2 aromatic rings. The minimum absolute atomic E-state index is 0.206. The Kier molecular flexibility index (Phi) is 4.38. The molecule has 0 saturated carbocycles. The van der Waals surface area contributed by atoms with Crippen LogP contribution < -0.4 is 5.56 Å². The first-order valence-electron chi connectivity index (χ1n) is 5.40. The molecule has 20 heavy (non-hydrogen) atoms. The van der Waals surface area contributed by atoms with Gasteiger partial charge in [0.25, 0.3) is 5.56 Å². The van der Waals surface area contributed by atoms with Crippen molar-refractivity contribution in [3.63, 3.8) is 0 Å². The Balaban J connectivity index is 2.63. The van der Waals surface area contributed by atoms with Crippen LogP contribution in [0.25, 0.3) is 11.1 Å². The maximum atomic E-state index is 11.9. The van der Waals surface area contributed by atoms with Crippen LogP contribution in [0.3, 0.4) is 0 Å². The number of nitrogens with one attached hydrogen (secondary N) is 1. The summed E-state index contributed by atoms with van der Waals surface area (Å²) in [6, 6.07) is 4.41. The largest absolute Gasteiger partial charge is 0.465 e. The number of rotatable bonds is 2. The summed E-state index contributed by atoms with van der Waals surface area (Å²) in [6.45, 7) is 0. The first kappa shape index (κ1) is 14.9. The molecule has 104 valence electrons. The number of benzene rings is 1. The van der Waals surface area contributed by atoms with Gasteiger partial charge in [-0.25, -0.2) is 4.79 Å². The first-order valence-corrected chi connectivity index (χ1v) is 6.53. The highest BCUT2D eigenvalue weighted by molar-refractivity contribution is 6.48. The number of hydrogen-bond donors (Lipinski definition) is 1. The maximum absolute atomic E-state index is 11.9. The highest BCUT2D eigenvalue weighted by atomic mass is 35.5. The number of carbonyl (C=O) groups is 1. The van der Waals surface area contributed by atoms with Crippen molar-refractivity contribution in [3.8, 4) is 11.1 Å². The monoisotopic (exact) mass is 331 g/mol. The number of aromatic amines is 1. The second kappa shape index (κ2) is 5.87. The van der Waals surface area contributed by atoms with Crippen LogP contribution in [0, 0.1) is 0 Å². The molecule has 0 atom stereocenters. The van der Waals surface area contributed by atoms with E-state index in [1.807, 2.05) is 0 Å². The third kappa shape index (κ3) is 2.82. The Morgan fingerprint density at radius 2 is 1.75 bits per heavy atom. The van der Waals surface area contributed by atoms with Gasteiger partial charge in [0.05, 0.1) is 27.7 Å². The van der Waals surface area contributed by atoms with Crippen molar-refractivity contribution >= 4 is 40.8 Å². The van der Waals surface area contributed by atoms with Crippen molar-refractivity contribution in [1.82, 2.24) is 4.98 Å². The zero-order valence-electron chi connectivity index (χ0n) is 10.2. The maximum Gasteiger partial charge on any atom is 0.339 e. The lowest BCUT2D eigenvalue weighted by atomic mass is 10.1. The van der Waals surface area contributed by atoms with Crippen LogP contribution in [0.2, 0.25) is 15.1 Å². The highest BCUT2D eigenvalue weighted by Crippen LogP contribution is 2.34. The normalized spacial score (nSPS) is 10.4. The van der Waals surface area contributed by atoms with Crippen LogP contribution in [0.1, 0.15) is 10.4 Å². The SMILES string of the molecule is COC(=O)c1c[nH]c(=O)c(-c2cc(Cl)c(Cl)c(Cl)c2)c1. The number of esters is 1. The van der Waals surface area contributed by atoms with Crippen LogP contribution in [0.4, 0.5) is 0 Å². The van der Waals surface area contributed by atoms with Gasteiger partial charge in [-0.15, -0.1) is 0 Å². The molecule has 1 heterocycles. The smallest absolute Gasteiger partial charge is 0.339 e. The van der Waals surface area contributed by atoms with Crippen LogP contribution in [-0.2, 0) is 4.74 Å². The molecule has 7 heteroatoms. The molecule has 4 nitrogen and oxygen atoms in total. The predicted molar refractivity (Wildman–Crippen MR) is 78.9 cm³/mol. The Labute approximate surface area is 129 Å². The molecular formula is C13H8Cl3NO3. The molecule has 2 rings (SSSR count). The van der Waals surface area contributed by atoms with Gasteiger partial charge < -0.3 is 9.72 Å². The Bertz CT molecular complexity index is 717. The fourth-order valence-electron chi connectivity index (χ4n) is 1.64. The van der Waals surface area contributed by atoms with E-state index in [2.05, 4.69) is 9.72 Å². The minimum atomic E-state index is -0.561. The number of H-pyrrole nitrogens is 1. The van der Waals surface area contributed by atoms with Gasteiger partial charge in [-0.3, -0.25) is 4.79 Å². The molecule has 1 N–H and O–H groups in total. The molecule has 0 fully saturated rings. The molecule has 0 radical (unpaired) electrons. The quantitative estimate of drug-likeness (QED) is 0.672. The summed E-state index contributed by atoms with van der Waals surface area (Å²) in [6.07, 6.45) is 1.27. The van der Waals surface area contributed by atoms with Crippen LogP contribution in [0.15, 0.2) is 29.2 Å². The second-order valence-corrected chi connectivity index (χ2v) is 5.07. The average molecular weight is 333 g/mol. The molecule has 0 spiro atoms. The summed E-state index contributed by atoms with van der Waals surface area (Å²) in [5.74, 6) is -0.561. The number of ether oxygens (including phenoxy) is 1. The summed E-state index contributed by atoms with van der Waals surface area (Å²) >= 11 is 17.7. The molecule has 1 aromatic heterocycles. The van der Waals surface area contributed by atoms with Crippen LogP contribution >= 0.6 is 34.8 Å². The van der Waals surface area contributed by atoms with Gasteiger partial charge in [0.15, 0.2) is 0 Å². The van der Waals surface area contributed by atoms with E-state index in [9.17, 15) is 9.59 Å². The number of halogens is 3. The van der Waals surface area contributed by atoms with Crippen molar-refractivity contribution in [3.05, 3.63) is 55.4 Å². The summed E-state index contributed by atoms with van der Waals surface area (Å²) in [5, 5.41) is 0.645. The molecule has 1 aromatic carbocycles. The van der Waals surface area contributed by atoms with Gasteiger partial charge in [-0.2, -0.15) is 0 Å². The van der Waals surface area contributed by atoms with E-state index in [0.717, 1.165) is 0 Å². The zero-order valence-corrected chi connectivity index (χ0v) is 12.4. The molecule has 0 bridgehead atoms. The van der Waals surface area contributed by atoms with Gasteiger partial charge in [0.2, 0.25) is 0 Å². The summed E-state index contributed by atoms with van der Waals surface area (Å²) in [5.41, 5.74) is 0.529. The van der Waals surface area contributed by atoms with E-state index >= 15 is 0 Å². The third-order valence-corrected chi connectivity index (χ3v) is 3.82. The molecule has 0 saturated heterocycles. The Morgan fingerprint density at radius 3 is 2.30 bits per heavy atom. The summed E-state index contributed by atoms with van der Waals surface area (Å²) in [7, 11) is 1.25. The van der Waals surface area contributed by atoms with Crippen molar-refractivity contribution in [2.45, 2.75) is 0 Å². The van der Waals surface area contributed by atoms with E-state index in [1.165, 1.54) is 31.5 Å². The molecule has 0 unspecified atom stereocenters. The molecular weight excluding hydrogens is 325 g/mol. The average Bonchev–Trinajstić information content (AvgIpc) is 2.44. The van der Waals surface area contributed by atoms with Crippen LogP contribution in [0.5, 0.6) is 0 Å². The number of aromatic nitrogens is 1. The number of hydrogen-bond acceptors (Lipinski definition) is 3. The lowest BCUT2D eigenvalue weighted by Gasteiger charge is -2.06. The molecule has 0 amide bonds. The van der Waals surface area contributed by atoms with Crippen molar-refractivity contribution in [2.24, 2.45) is 0 Å². The van der Waals surface area contributed by atoms with E-state index in [4.69, 9.17) is 34.8 Å². The Hall–Kier alpha value is -1.49. The summed E-state index contributed by atoms with van der Waals surface area (Å²) < 4.78 is 4.60. The number of carbonyl (C=O) groups excluding carboxylic acids is 1. The lowest BCUT2D eigenvalue weighted by molar-refractivity contribution is 0.0600. The standard InChI is InChI=1S/C13H8Cl3NO3/c1-20-13(19)7-2-8(12(18)17-5-7)6-3-9(14)11(16)10(15)4-6/h2-5H,1H3,(H,17,18). The van der Waals surface area contributed by atoms with Gasteiger partial charge in [0, 0.05) is 11.8 Å². The van der Waals surface area contributed by atoms with E-state index in [-0.39, 0.29) is 31.8 Å². The highest BCUT2D eigenvalue weighted by Gasteiger charge is 2.13. The van der Waals surface area contributed by atoms with Crippen molar-refractivity contribution in [1.29, 1.82) is 0 Å². The van der Waals surface area contributed by atoms with Gasteiger partial charge >= 0.3 is 5.97 Å². The molecule has 0 aliphatic rings. The van der Waals surface area contributed by atoms with Gasteiger partial charge in [-0.05, 0) is 23.8 Å². The fourth-order valence-corrected chi connectivity index (χ4v) is 2.24. The third-order valence-electron chi connectivity index (χ3n) is 2.62. The van der Waals surface area contributed by atoms with Crippen molar-refractivity contribution < 1.29 is 9.53 Å². The Morgan fingerprint density at radius 1 is 1.15 bits per heavy atom. The van der Waals surface area contributed by atoms with Crippen LogP contribution in [-0.4, -0.2) is 18.1 Å². The van der Waals surface area contributed by atoms with Crippen molar-refractivity contribution in [2.75, 3.05) is 7.11 Å². The predicted octanol–water partition coefficient (Wildman–Crippen LogP) is 3.79. The van der Waals surface area contributed by atoms with Gasteiger partial charge in [-0.1, -0.05) is 34.8 Å².